The molecule has 0 aliphatic rings. The molecule has 4 aromatic rings. The van der Waals surface area contributed by atoms with Gasteiger partial charge in [0.2, 0.25) is 0 Å². The number of fused-ring (bicyclic) bond motifs is 1. The minimum atomic E-state index is -0.255. The zero-order valence-electron chi connectivity index (χ0n) is 17.0. The van der Waals surface area contributed by atoms with Crippen molar-refractivity contribution in [3.05, 3.63) is 78.1 Å². The van der Waals surface area contributed by atoms with Gasteiger partial charge in [-0.2, -0.15) is 0 Å². The molecule has 0 aliphatic heterocycles. The first-order chi connectivity index (χ1) is 14.4. The highest BCUT2D eigenvalue weighted by molar-refractivity contribution is 7.22. The van der Waals surface area contributed by atoms with Crippen LogP contribution >= 0.6 is 11.3 Å². The van der Waals surface area contributed by atoms with Crippen LogP contribution in [0.15, 0.2) is 66.9 Å². The van der Waals surface area contributed by atoms with E-state index >= 15 is 0 Å². The van der Waals surface area contributed by atoms with Crippen molar-refractivity contribution in [1.29, 1.82) is 0 Å². The zero-order chi connectivity index (χ0) is 21.1. The summed E-state index contributed by atoms with van der Waals surface area (Å²) in [6, 6.07) is 19.4. The van der Waals surface area contributed by atoms with Crippen LogP contribution in [-0.2, 0) is 5.54 Å². The quantitative estimate of drug-likeness (QED) is 0.451. The number of amides is 1. The normalized spacial score (nSPS) is 11.3. The van der Waals surface area contributed by atoms with Gasteiger partial charge >= 0.3 is 0 Å². The van der Waals surface area contributed by atoms with E-state index in [-0.39, 0.29) is 11.4 Å². The highest BCUT2D eigenvalue weighted by Crippen LogP contribution is 2.34. The van der Waals surface area contributed by atoms with Crippen molar-refractivity contribution in [2.24, 2.45) is 0 Å². The van der Waals surface area contributed by atoms with Crippen molar-refractivity contribution in [3.63, 3.8) is 0 Å². The van der Waals surface area contributed by atoms with Gasteiger partial charge in [-0.1, -0.05) is 41.7 Å². The number of benzene rings is 2. The Hall–Kier alpha value is -3.45. The van der Waals surface area contributed by atoms with Gasteiger partial charge in [0, 0.05) is 25.4 Å². The van der Waals surface area contributed by atoms with Crippen molar-refractivity contribution in [2.45, 2.75) is 19.4 Å². The van der Waals surface area contributed by atoms with E-state index in [1.807, 2.05) is 36.4 Å². The van der Waals surface area contributed by atoms with Gasteiger partial charge in [0.15, 0.2) is 5.13 Å². The fraction of sp³-hybridized carbons (Fsp3) is 0.174. The highest BCUT2D eigenvalue weighted by atomic mass is 32.1. The average molecular weight is 419 g/mol. The molecule has 2 aromatic heterocycles. The number of hydrogen-bond acceptors (Lipinski definition) is 6. The summed E-state index contributed by atoms with van der Waals surface area (Å²) in [6.07, 6.45) is 1.55. The number of aromatic nitrogens is 2. The number of carbonyl (C=O) groups excluding carboxylic acids is 1. The van der Waals surface area contributed by atoms with E-state index in [0.717, 1.165) is 15.3 Å². The molecule has 30 heavy (non-hydrogen) atoms. The molecule has 0 spiro atoms. The van der Waals surface area contributed by atoms with Crippen LogP contribution in [0, 0.1) is 0 Å². The predicted octanol–water partition coefficient (Wildman–Crippen LogP) is 5.19. The Morgan fingerprint density at radius 1 is 1.03 bits per heavy atom. The van der Waals surface area contributed by atoms with Gasteiger partial charge < -0.3 is 15.4 Å². The van der Waals surface area contributed by atoms with E-state index in [2.05, 4.69) is 41.6 Å². The van der Waals surface area contributed by atoms with Crippen LogP contribution in [0.2, 0.25) is 0 Å². The second-order valence-corrected chi connectivity index (χ2v) is 8.35. The summed E-state index contributed by atoms with van der Waals surface area (Å²) >= 11 is 1.58. The van der Waals surface area contributed by atoms with Crippen LogP contribution < -0.4 is 15.4 Å². The molecule has 0 aliphatic carbocycles. The largest absolute Gasteiger partial charge is 0.457 e. The maximum absolute atomic E-state index is 11.8. The molecular weight excluding hydrogens is 396 g/mol. The third-order valence-electron chi connectivity index (χ3n) is 4.70. The first-order valence-electron chi connectivity index (χ1n) is 9.55. The number of nitrogens with one attached hydrogen (secondary N) is 2. The number of rotatable bonds is 6. The van der Waals surface area contributed by atoms with E-state index in [4.69, 9.17) is 9.72 Å². The molecule has 0 radical (unpaired) electrons. The van der Waals surface area contributed by atoms with Gasteiger partial charge in [-0.3, -0.25) is 9.78 Å². The van der Waals surface area contributed by atoms with E-state index in [9.17, 15) is 4.79 Å². The maximum Gasteiger partial charge on any atom is 0.269 e. The monoisotopic (exact) mass is 418 g/mol. The topological polar surface area (TPSA) is 76.1 Å². The molecule has 4 rings (SSSR count). The number of thiazole rings is 1. The van der Waals surface area contributed by atoms with Crippen molar-refractivity contribution >= 4 is 32.6 Å². The van der Waals surface area contributed by atoms with Crippen LogP contribution in [0.5, 0.6) is 11.5 Å². The molecule has 0 bridgehead atoms. The Kier molecular flexibility index (Phi) is 5.37. The summed E-state index contributed by atoms with van der Waals surface area (Å²) in [5.74, 6) is 0.972. The summed E-state index contributed by atoms with van der Waals surface area (Å²) < 4.78 is 6.95. The third-order valence-corrected chi connectivity index (χ3v) is 5.64. The number of nitrogens with zero attached hydrogens (tertiary/aromatic N) is 2. The molecule has 7 heteroatoms. The second kappa shape index (κ2) is 8.12. The predicted molar refractivity (Wildman–Crippen MR) is 120 cm³/mol. The van der Waals surface area contributed by atoms with Gasteiger partial charge in [-0.25, -0.2) is 4.98 Å². The Balaban J connectivity index is 1.55. The van der Waals surface area contributed by atoms with Crippen LogP contribution in [0.1, 0.15) is 29.9 Å². The van der Waals surface area contributed by atoms with E-state index < -0.39 is 0 Å². The van der Waals surface area contributed by atoms with E-state index in [0.29, 0.717) is 17.2 Å². The summed E-state index contributed by atoms with van der Waals surface area (Å²) in [5, 5.41) is 6.94. The van der Waals surface area contributed by atoms with Crippen LogP contribution in [0.25, 0.3) is 10.2 Å². The zero-order valence-corrected chi connectivity index (χ0v) is 17.8. The smallest absolute Gasteiger partial charge is 0.269 e. The highest BCUT2D eigenvalue weighted by Gasteiger charge is 2.21. The number of carbonyl (C=O) groups is 1. The Morgan fingerprint density at radius 3 is 2.57 bits per heavy atom. The molecule has 0 fully saturated rings. The van der Waals surface area contributed by atoms with Gasteiger partial charge in [0.05, 0.1) is 15.8 Å². The van der Waals surface area contributed by atoms with Crippen molar-refractivity contribution in [3.8, 4) is 11.5 Å². The van der Waals surface area contributed by atoms with Crippen molar-refractivity contribution in [2.75, 3.05) is 12.4 Å². The summed E-state index contributed by atoms with van der Waals surface area (Å²) in [6.45, 7) is 4.27. The molecule has 2 aromatic carbocycles. The minimum Gasteiger partial charge on any atom is -0.457 e. The third kappa shape index (κ3) is 4.26. The van der Waals surface area contributed by atoms with Crippen LogP contribution in [0.3, 0.4) is 0 Å². The van der Waals surface area contributed by atoms with Gasteiger partial charge in [-0.15, -0.1) is 0 Å². The summed E-state index contributed by atoms with van der Waals surface area (Å²) in [7, 11) is 1.57. The molecule has 152 valence electrons. The standard InChI is InChI=1S/C23H22N4O2S/c1-23(2,15-7-5-4-6-8-15)27-22-26-18-10-9-16(14-20(18)30-22)29-17-11-12-25-19(13-17)21(28)24-3/h4-14H,1-3H3,(H,24,28)(H,26,27). The number of pyridine rings is 1. The molecule has 2 heterocycles. The molecule has 1 amide bonds. The lowest BCUT2D eigenvalue weighted by molar-refractivity contribution is 0.0958. The molecule has 0 saturated carbocycles. The number of hydrogen-bond donors (Lipinski definition) is 2. The van der Waals surface area contributed by atoms with Crippen LogP contribution in [-0.4, -0.2) is 22.9 Å². The lowest BCUT2D eigenvalue weighted by Gasteiger charge is -2.26. The van der Waals surface area contributed by atoms with E-state index in [1.54, 1.807) is 36.7 Å². The summed E-state index contributed by atoms with van der Waals surface area (Å²) in [5.41, 5.74) is 2.16. The number of ether oxygens (including phenoxy) is 1. The Bertz CT molecular complexity index is 1190. The minimum absolute atomic E-state index is 0.248. The lowest BCUT2D eigenvalue weighted by Crippen LogP contribution is -2.27. The lowest BCUT2D eigenvalue weighted by atomic mass is 9.95. The molecule has 0 saturated heterocycles. The average Bonchev–Trinajstić information content (AvgIpc) is 3.14. The fourth-order valence-corrected chi connectivity index (χ4v) is 4.13. The van der Waals surface area contributed by atoms with Crippen LogP contribution in [0.4, 0.5) is 5.13 Å². The molecule has 2 N–H and O–H groups in total. The van der Waals surface area contributed by atoms with Gasteiger partial charge in [-0.05, 0) is 37.6 Å². The first-order valence-corrected chi connectivity index (χ1v) is 10.4. The van der Waals surface area contributed by atoms with Crippen molar-refractivity contribution < 1.29 is 9.53 Å². The van der Waals surface area contributed by atoms with Crippen molar-refractivity contribution in [1.82, 2.24) is 15.3 Å². The fourth-order valence-electron chi connectivity index (χ4n) is 3.08. The Labute approximate surface area is 179 Å². The van der Waals surface area contributed by atoms with E-state index in [1.165, 1.54) is 5.56 Å². The number of anilines is 1. The maximum atomic E-state index is 11.8. The molecule has 0 unspecified atom stereocenters. The SMILES string of the molecule is CNC(=O)c1cc(Oc2ccc3nc(NC(C)(C)c4ccccc4)sc3c2)ccn1. The van der Waals surface area contributed by atoms with Gasteiger partial charge in [0.1, 0.15) is 17.2 Å². The summed E-state index contributed by atoms with van der Waals surface area (Å²) in [4.78, 5) is 20.5. The van der Waals surface area contributed by atoms with Gasteiger partial charge in [0.25, 0.3) is 5.91 Å². The molecule has 0 atom stereocenters. The second-order valence-electron chi connectivity index (χ2n) is 7.32. The molecular formula is C23H22N4O2S. The Morgan fingerprint density at radius 2 is 1.80 bits per heavy atom. The first kappa shape index (κ1) is 19.8. The molecule has 6 nitrogen and oxygen atoms in total.